The van der Waals surface area contributed by atoms with Crippen LogP contribution in [0.3, 0.4) is 0 Å². The first kappa shape index (κ1) is 20.2. The third-order valence-corrected chi connectivity index (χ3v) is 4.69. The number of para-hydroxylation sites is 2. The van der Waals surface area contributed by atoms with E-state index in [1.54, 1.807) is 55.5 Å². The molecule has 4 aromatic rings. The van der Waals surface area contributed by atoms with Crippen LogP contribution in [0.5, 0.6) is 5.75 Å². The van der Waals surface area contributed by atoms with Gasteiger partial charge in [-0.15, -0.1) is 0 Å². The Morgan fingerprint density at radius 2 is 1.74 bits per heavy atom. The zero-order valence-electron chi connectivity index (χ0n) is 17.1. The van der Waals surface area contributed by atoms with Crippen LogP contribution in [0.4, 0.5) is 10.5 Å². The highest BCUT2D eigenvalue weighted by atomic mass is 16.5. The molecule has 0 saturated heterocycles. The van der Waals surface area contributed by atoms with Gasteiger partial charge in [-0.25, -0.2) is 14.7 Å². The first-order valence-corrected chi connectivity index (χ1v) is 9.62. The Balaban J connectivity index is 1.55. The molecular formula is C24H20N2O5. The van der Waals surface area contributed by atoms with Crippen molar-refractivity contribution >= 4 is 28.8 Å². The molecule has 1 heterocycles. The highest BCUT2D eigenvalue weighted by molar-refractivity contribution is 6.19. The zero-order valence-corrected chi connectivity index (χ0v) is 17.1. The van der Waals surface area contributed by atoms with E-state index in [4.69, 9.17) is 13.9 Å². The molecule has 0 fully saturated rings. The number of benzene rings is 3. The smallest absolute Gasteiger partial charge is 0.421 e. The van der Waals surface area contributed by atoms with Crippen molar-refractivity contribution in [1.29, 1.82) is 0 Å². The fourth-order valence-electron chi connectivity index (χ4n) is 3.19. The number of hydrogen-bond acceptors (Lipinski definition) is 6. The molecular weight excluding hydrogens is 396 g/mol. The number of aromatic nitrogens is 1. The van der Waals surface area contributed by atoms with Crippen molar-refractivity contribution in [2.75, 3.05) is 12.0 Å². The van der Waals surface area contributed by atoms with E-state index in [-0.39, 0.29) is 6.61 Å². The van der Waals surface area contributed by atoms with E-state index >= 15 is 0 Å². The monoisotopic (exact) mass is 416 g/mol. The summed E-state index contributed by atoms with van der Waals surface area (Å²) in [5.74, 6) is 0.537. The van der Waals surface area contributed by atoms with Gasteiger partial charge in [0, 0.05) is 5.56 Å². The summed E-state index contributed by atoms with van der Waals surface area (Å²) in [4.78, 5) is 30.7. The second-order valence-corrected chi connectivity index (χ2v) is 6.79. The van der Waals surface area contributed by atoms with Crippen LogP contribution < -0.4 is 9.64 Å². The molecule has 2 amide bonds. The zero-order chi connectivity index (χ0) is 21.8. The third-order valence-electron chi connectivity index (χ3n) is 4.69. The first-order valence-electron chi connectivity index (χ1n) is 9.62. The number of carbonyl (C=O) groups is 2. The Morgan fingerprint density at radius 3 is 2.45 bits per heavy atom. The fraction of sp³-hybridized carbons (Fsp3) is 0.125. The molecule has 0 saturated carbocycles. The maximum absolute atomic E-state index is 13.0. The summed E-state index contributed by atoms with van der Waals surface area (Å²) in [5, 5.41) is 0. The van der Waals surface area contributed by atoms with Crippen molar-refractivity contribution < 1.29 is 23.5 Å². The van der Waals surface area contributed by atoms with Crippen molar-refractivity contribution in [2.45, 2.75) is 13.5 Å². The van der Waals surface area contributed by atoms with Crippen molar-refractivity contribution in [2.24, 2.45) is 0 Å². The molecule has 7 heteroatoms. The van der Waals surface area contributed by atoms with Crippen LogP contribution in [0, 0.1) is 6.92 Å². The van der Waals surface area contributed by atoms with Crippen LogP contribution in [0.15, 0.2) is 77.2 Å². The predicted octanol–water partition coefficient (Wildman–Crippen LogP) is 5.13. The SMILES string of the molecule is COC(=O)N(C(=O)c1ccccc1)c1ccc(OCc2nc3ccccc3o2)cc1C. The van der Waals surface area contributed by atoms with E-state index in [1.165, 1.54) is 7.11 Å². The number of oxazole rings is 1. The highest BCUT2D eigenvalue weighted by Crippen LogP contribution is 2.28. The molecule has 156 valence electrons. The number of methoxy groups -OCH3 is 1. The molecule has 0 N–H and O–H groups in total. The molecule has 0 aliphatic rings. The van der Waals surface area contributed by atoms with Crippen molar-refractivity contribution in [3.8, 4) is 5.75 Å². The predicted molar refractivity (Wildman–Crippen MR) is 115 cm³/mol. The minimum absolute atomic E-state index is 0.150. The van der Waals surface area contributed by atoms with E-state index in [9.17, 15) is 9.59 Å². The van der Waals surface area contributed by atoms with Crippen LogP contribution in [-0.4, -0.2) is 24.1 Å². The minimum atomic E-state index is -0.767. The molecule has 0 aliphatic carbocycles. The molecule has 0 bridgehead atoms. The van der Waals surface area contributed by atoms with E-state index in [1.807, 2.05) is 24.3 Å². The summed E-state index contributed by atoms with van der Waals surface area (Å²) in [6, 6.07) is 21.1. The summed E-state index contributed by atoms with van der Waals surface area (Å²) in [6.07, 6.45) is -0.767. The van der Waals surface area contributed by atoms with E-state index in [2.05, 4.69) is 4.98 Å². The Hall–Kier alpha value is -4.13. The summed E-state index contributed by atoms with van der Waals surface area (Å²) < 4.78 is 16.3. The molecule has 0 radical (unpaired) electrons. The molecule has 31 heavy (non-hydrogen) atoms. The summed E-state index contributed by atoms with van der Waals surface area (Å²) in [7, 11) is 1.24. The van der Waals surface area contributed by atoms with Gasteiger partial charge in [0.05, 0.1) is 12.8 Å². The normalized spacial score (nSPS) is 10.6. The van der Waals surface area contributed by atoms with Gasteiger partial charge in [-0.3, -0.25) is 4.79 Å². The second-order valence-electron chi connectivity index (χ2n) is 6.79. The van der Waals surface area contributed by atoms with Crippen molar-refractivity contribution in [3.05, 3.63) is 89.8 Å². The largest absolute Gasteiger partial charge is 0.484 e. The lowest BCUT2D eigenvalue weighted by Crippen LogP contribution is -2.37. The number of aryl methyl sites for hydroxylation is 1. The van der Waals surface area contributed by atoms with Crippen LogP contribution in [-0.2, 0) is 11.3 Å². The van der Waals surface area contributed by atoms with E-state index < -0.39 is 12.0 Å². The van der Waals surface area contributed by atoms with Crippen molar-refractivity contribution in [1.82, 2.24) is 4.98 Å². The molecule has 0 unspecified atom stereocenters. The third kappa shape index (κ3) is 4.25. The van der Waals surface area contributed by atoms with E-state index in [0.717, 1.165) is 10.4 Å². The quantitative estimate of drug-likeness (QED) is 0.449. The molecule has 4 rings (SSSR count). The molecule has 0 atom stereocenters. The Bertz CT molecular complexity index is 1200. The number of nitrogens with zero attached hydrogens (tertiary/aromatic N) is 2. The standard InChI is InChI=1S/C24H20N2O5/c1-16-14-18(30-15-22-25-19-10-6-7-11-21(19)31-22)12-13-20(16)26(24(28)29-2)23(27)17-8-4-3-5-9-17/h3-14H,15H2,1-2H3. The van der Waals surface area contributed by atoms with Crippen LogP contribution in [0.1, 0.15) is 21.8 Å². The number of ether oxygens (including phenoxy) is 2. The maximum atomic E-state index is 13.0. The Morgan fingerprint density at radius 1 is 1.00 bits per heavy atom. The number of imide groups is 1. The molecule has 3 aromatic carbocycles. The number of fused-ring (bicyclic) bond motifs is 1. The highest BCUT2D eigenvalue weighted by Gasteiger charge is 2.27. The number of anilines is 1. The van der Waals surface area contributed by atoms with Gasteiger partial charge >= 0.3 is 6.09 Å². The topological polar surface area (TPSA) is 81.9 Å². The number of amides is 2. The summed E-state index contributed by atoms with van der Waals surface area (Å²) in [6.45, 7) is 1.94. The second kappa shape index (κ2) is 8.71. The van der Waals surface area contributed by atoms with Crippen molar-refractivity contribution in [3.63, 3.8) is 0 Å². The lowest BCUT2D eigenvalue weighted by Gasteiger charge is -2.21. The molecule has 0 aliphatic heterocycles. The Labute approximate surface area is 178 Å². The van der Waals surface area contributed by atoms with Crippen LogP contribution in [0.2, 0.25) is 0 Å². The average molecular weight is 416 g/mol. The number of hydrogen-bond donors (Lipinski definition) is 0. The maximum Gasteiger partial charge on any atom is 0.421 e. The number of rotatable bonds is 5. The summed E-state index contributed by atoms with van der Waals surface area (Å²) in [5.41, 5.74) is 2.92. The molecule has 7 nitrogen and oxygen atoms in total. The number of carbonyl (C=O) groups excluding carboxylic acids is 2. The fourth-order valence-corrected chi connectivity index (χ4v) is 3.19. The van der Waals surface area contributed by atoms with Gasteiger partial charge in [-0.1, -0.05) is 30.3 Å². The molecule has 1 aromatic heterocycles. The first-order chi connectivity index (χ1) is 15.1. The van der Waals surface area contributed by atoms with Crippen LogP contribution >= 0.6 is 0 Å². The minimum Gasteiger partial charge on any atom is -0.484 e. The van der Waals surface area contributed by atoms with E-state index in [0.29, 0.717) is 34.0 Å². The van der Waals surface area contributed by atoms with Gasteiger partial charge in [0.25, 0.3) is 5.91 Å². The van der Waals surface area contributed by atoms with Gasteiger partial charge in [0.1, 0.15) is 11.3 Å². The lowest BCUT2D eigenvalue weighted by molar-refractivity contribution is 0.0975. The van der Waals surface area contributed by atoms with Gasteiger partial charge in [-0.05, 0) is 55.0 Å². The Kier molecular flexibility index (Phi) is 5.66. The lowest BCUT2D eigenvalue weighted by atomic mass is 10.1. The molecule has 0 spiro atoms. The van der Waals surface area contributed by atoms with Gasteiger partial charge < -0.3 is 13.9 Å². The van der Waals surface area contributed by atoms with Crippen LogP contribution in [0.25, 0.3) is 11.1 Å². The van der Waals surface area contributed by atoms with Gasteiger partial charge in [-0.2, -0.15) is 0 Å². The summed E-state index contributed by atoms with van der Waals surface area (Å²) >= 11 is 0. The average Bonchev–Trinajstić information content (AvgIpc) is 3.22. The van der Waals surface area contributed by atoms with Gasteiger partial charge in [0.15, 0.2) is 12.2 Å². The van der Waals surface area contributed by atoms with Gasteiger partial charge in [0.2, 0.25) is 5.89 Å².